The maximum absolute atomic E-state index is 13.4. The number of ether oxygens (including phenoxy) is 2. The molecular formula is C20H24BrNO4. The highest BCUT2D eigenvalue weighted by molar-refractivity contribution is 9.09. The van der Waals surface area contributed by atoms with E-state index in [0.717, 1.165) is 42.5 Å². The van der Waals surface area contributed by atoms with E-state index < -0.39 is 10.2 Å². The van der Waals surface area contributed by atoms with Crippen LogP contribution in [-0.4, -0.2) is 37.2 Å². The van der Waals surface area contributed by atoms with Crippen LogP contribution in [0.15, 0.2) is 18.2 Å². The first-order valence-electron chi connectivity index (χ1n) is 9.14. The third-order valence-electron chi connectivity index (χ3n) is 5.91. The Labute approximate surface area is 162 Å². The number of hydrogen-bond acceptors (Lipinski definition) is 4. The molecule has 1 unspecified atom stereocenters. The lowest BCUT2D eigenvalue weighted by Gasteiger charge is -2.40. The molecule has 1 saturated carbocycles. The number of carbonyl (C=O) groups excluding carboxylic acids is 2. The molecule has 2 heterocycles. The van der Waals surface area contributed by atoms with Gasteiger partial charge in [0, 0.05) is 18.3 Å². The Bertz CT molecular complexity index is 771. The molecule has 4 rings (SSSR count). The van der Waals surface area contributed by atoms with Gasteiger partial charge in [0.2, 0.25) is 5.91 Å². The number of nitrogens with zero attached hydrogens (tertiary/aromatic N) is 1. The van der Waals surface area contributed by atoms with E-state index in [1.165, 1.54) is 7.11 Å². The van der Waals surface area contributed by atoms with Crippen molar-refractivity contribution >= 4 is 33.5 Å². The number of rotatable bonds is 3. The van der Waals surface area contributed by atoms with Crippen molar-refractivity contribution in [2.24, 2.45) is 0 Å². The lowest BCUT2D eigenvalue weighted by atomic mass is 9.91. The fraction of sp³-hybridized carbons (Fsp3) is 0.600. The molecule has 0 N–H and O–H groups in total. The van der Waals surface area contributed by atoms with Gasteiger partial charge in [0.25, 0.3) is 0 Å². The fourth-order valence-corrected chi connectivity index (χ4v) is 5.11. The summed E-state index contributed by atoms with van der Waals surface area (Å²) in [5.74, 6) is -0.153. The summed E-state index contributed by atoms with van der Waals surface area (Å²) in [6.45, 7) is 4.82. The Morgan fingerprint density at radius 3 is 2.73 bits per heavy atom. The zero-order valence-electron chi connectivity index (χ0n) is 15.4. The van der Waals surface area contributed by atoms with Crippen LogP contribution < -0.4 is 4.90 Å². The summed E-state index contributed by atoms with van der Waals surface area (Å²) >= 11 is 3.47. The molecule has 1 amide bonds. The van der Waals surface area contributed by atoms with Gasteiger partial charge in [0.1, 0.15) is 4.83 Å². The van der Waals surface area contributed by atoms with Gasteiger partial charge in [-0.1, -0.05) is 28.1 Å². The van der Waals surface area contributed by atoms with Crippen molar-refractivity contribution < 1.29 is 19.1 Å². The van der Waals surface area contributed by atoms with Crippen LogP contribution in [0.2, 0.25) is 0 Å². The van der Waals surface area contributed by atoms with Crippen LogP contribution in [0.3, 0.4) is 0 Å². The summed E-state index contributed by atoms with van der Waals surface area (Å²) < 4.78 is 10.8. The quantitative estimate of drug-likeness (QED) is 0.552. The molecule has 1 aromatic carbocycles. The van der Waals surface area contributed by atoms with Crippen molar-refractivity contribution in [3.63, 3.8) is 0 Å². The average Bonchev–Trinajstić information content (AvgIpc) is 3.36. The third-order valence-corrected chi connectivity index (χ3v) is 6.78. The minimum atomic E-state index is -0.557. The first kappa shape index (κ1) is 18.0. The number of anilines is 1. The van der Waals surface area contributed by atoms with Gasteiger partial charge in [0.15, 0.2) is 0 Å². The number of methoxy groups -OCH3 is 1. The van der Waals surface area contributed by atoms with Crippen LogP contribution in [0.25, 0.3) is 0 Å². The van der Waals surface area contributed by atoms with E-state index in [2.05, 4.69) is 29.8 Å². The van der Waals surface area contributed by atoms with Gasteiger partial charge < -0.3 is 14.4 Å². The van der Waals surface area contributed by atoms with Crippen molar-refractivity contribution in [1.29, 1.82) is 0 Å². The van der Waals surface area contributed by atoms with Crippen molar-refractivity contribution in [3.05, 3.63) is 29.3 Å². The monoisotopic (exact) mass is 421 g/mol. The highest BCUT2D eigenvalue weighted by atomic mass is 79.9. The van der Waals surface area contributed by atoms with Gasteiger partial charge in [-0.15, -0.1) is 0 Å². The second-order valence-corrected chi connectivity index (χ2v) is 9.05. The Kier molecular flexibility index (Phi) is 4.19. The van der Waals surface area contributed by atoms with Crippen molar-refractivity contribution in [2.45, 2.75) is 61.4 Å². The lowest BCUT2D eigenvalue weighted by Crippen LogP contribution is -2.48. The molecule has 1 aliphatic carbocycles. The van der Waals surface area contributed by atoms with Crippen molar-refractivity contribution in [2.75, 3.05) is 18.6 Å². The van der Waals surface area contributed by atoms with Crippen molar-refractivity contribution in [3.8, 4) is 0 Å². The first-order chi connectivity index (χ1) is 12.3. The molecule has 0 radical (unpaired) electrons. The number of alkyl halides is 1. The SMILES string of the molecule is COC(=O)C(Br)c1cccc2c1C1(CC1)C(=O)N2[C@H]1CCOC(C)(C)C1. The zero-order chi connectivity index (χ0) is 18.7. The topological polar surface area (TPSA) is 55.8 Å². The third kappa shape index (κ3) is 2.61. The van der Waals surface area contributed by atoms with Crippen LogP contribution >= 0.6 is 15.9 Å². The maximum Gasteiger partial charge on any atom is 0.324 e. The zero-order valence-corrected chi connectivity index (χ0v) is 17.0. The fourth-order valence-electron chi connectivity index (χ4n) is 4.54. The molecule has 1 saturated heterocycles. The predicted octanol–water partition coefficient (Wildman–Crippen LogP) is 3.63. The van der Waals surface area contributed by atoms with E-state index in [1.807, 2.05) is 23.1 Å². The van der Waals surface area contributed by atoms with Gasteiger partial charge in [-0.05, 0) is 56.7 Å². The number of amides is 1. The minimum Gasteiger partial charge on any atom is -0.468 e. The Morgan fingerprint density at radius 2 is 2.12 bits per heavy atom. The Morgan fingerprint density at radius 1 is 1.38 bits per heavy atom. The number of fused-ring (bicyclic) bond motifs is 2. The van der Waals surface area contributed by atoms with Gasteiger partial charge in [-0.2, -0.15) is 0 Å². The summed E-state index contributed by atoms with van der Waals surface area (Å²) in [5.41, 5.74) is 2.15. The number of carbonyl (C=O) groups is 2. The summed E-state index contributed by atoms with van der Waals surface area (Å²) in [6.07, 6.45) is 3.34. The smallest absolute Gasteiger partial charge is 0.324 e. The predicted molar refractivity (Wildman–Crippen MR) is 102 cm³/mol. The summed E-state index contributed by atoms with van der Waals surface area (Å²) in [5, 5.41) is 0. The number of benzene rings is 1. The molecule has 5 nitrogen and oxygen atoms in total. The van der Waals surface area contributed by atoms with E-state index in [1.54, 1.807) is 0 Å². The van der Waals surface area contributed by atoms with Crippen molar-refractivity contribution in [1.82, 2.24) is 0 Å². The Balaban J connectivity index is 1.78. The van der Waals surface area contributed by atoms with Gasteiger partial charge >= 0.3 is 5.97 Å². The second-order valence-electron chi connectivity index (χ2n) is 8.14. The van der Waals surface area contributed by atoms with E-state index in [-0.39, 0.29) is 23.5 Å². The molecule has 1 spiro atoms. The highest BCUT2D eigenvalue weighted by Crippen LogP contribution is 2.60. The molecule has 140 valence electrons. The highest BCUT2D eigenvalue weighted by Gasteiger charge is 2.61. The maximum atomic E-state index is 13.4. The molecule has 26 heavy (non-hydrogen) atoms. The lowest BCUT2D eigenvalue weighted by molar-refractivity contribution is -0.140. The number of esters is 1. The average molecular weight is 422 g/mol. The van der Waals surface area contributed by atoms with Crippen LogP contribution in [0.4, 0.5) is 5.69 Å². The van der Waals surface area contributed by atoms with E-state index in [0.29, 0.717) is 6.61 Å². The summed E-state index contributed by atoms with van der Waals surface area (Å²) in [7, 11) is 1.38. The van der Waals surface area contributed by atoms with E-state index in [4.69, 9.17) is 9.47 Å². The normalized spacial score (nSPS) is 26.5. The van der Waals surface area contributed by atoms with Crippen LogP contribution in [0.1, 0.15) is 55.5 Å². The van der Waals surface area contributed by atoms with Gasteiger partial charge in [-0.3, -0.25) is 9.59 Å². The Hall–Kier alpha value is -1.40. The summed E-state index contributed by atoms with van der Waals surface area (Å²) in [6, 6.07) is 6.01. The van der Waals surface area contributed by atoms with Crippen LogP contribution in [0, 0.1) is 0 Å². The van der Waals surface area contributed by atoms with Crippen LogP contribution in [-0.2, 0) is 24.5 Å². The molecule has 1 aromatic rings. The second kappa shape index (κ2) is 6.06. The molecule has 2 atom stereocenters. The molecule has 2 fully saturated rings. The standard InChI is InChI=1S/C20H24BrNO4/c1-19(2)11-12(7-10-26-19)22-14-6-4-5-13(16(21)17(23)25-3)15(14)20(8-9-20)18(22)24/h4-6,12,16H,7-11H2,1-3H3/t12-,16?/m0/s1. The molecule has 2 aliphatic heterocycles. The molecule has 3 aliphatic rings. The number of halogens is 1. The largest absolute Gasteiger partial charge is 0.468 e. The molecular weight excluding hydrogens is 398 g/mol. The molecule has 6 heteroatoms. The number of hydrogen-bond donors (Lipinski definition) is 0. The van der Waals surface area contributed by atoms with E-state index >= 15 is 0 Å². The summed E-state index contributed by atoms with van der Waals surface area (Å²) in [4.78, 5) is 27.0. The minimum absolute atomic E-state index is 0.132. The van der Waals surface area contributed by atoms with Crippen LogP contribution in [0.5, 0.6) is 0 Å². The van der Waals surface area contributed by atoms with Gasteiger partial charge in [0.05, 0.1) is 18.1 Å². The van der Waals surface area contributed by atoms with E-state index in [9.17, 15) is 9.59 Å². The first-order valence-corrected chi connectivity index (χ1v) is 10.1. The molecule has 0 aromatic heterocycles. The molecule has 0 bridgehead atoms. The van der Waals surface area contributed by atoms with Gasteiger partial charge in [-0.25, -0.2) is 0 Å².